The second kappa shape index (κ2) is 13.8. The lowest BCUT2D eigenvalue weighted by Gasteiger charge is -2.37. The maximum Gasteiger partial charge on any atom is 0.306 e. The number of unbranched alkanes of at least 4 members (excludes halogenated alkanes) is 1. The predicted molar refractivity (Wildman–Crippen MR) is 141 cm³/mol. The summed E-state index contributed by atoms with van der Waals surface area (Å²) in [6, 6.07) is 17.7. The van der Waals surface area contributed by atoms with Gasteiger partial charge < -0.3 is 10.4 Å². The number of aryl methyl sites for hydroxylation is 1. The van der Waals surface area contributed by atoms with Gasteiger partial charge in [0.25, 0.3) is 0 Å². The molecule has 1 heterocycles. The summed E-state index contributed by atoms with van der Waals surface area (Å²) in [6.07, 6.45) is 5.04. The first-order valence-corrected chi connectivity index (χ1v) is 13.1. The topological polar surface area (TPSA) is 98.7 Å². The van der Waals surface area contributed by atoms with Crippen molar-refractivity contribution in [1.82, 2.24) is 15.8 Å². The number of carboxylic acids is 1. The van der Waals surface area contributed by atoms with Gasteiger partial charge in [-0.05, 0) is 55.2 Å². The molecule has 0 radical (unpaired) electrons. The summed E-state index contributed by atoms with van der Waals surface area (Å²) in [6.45, 7) is 2.65. The van der Waals surface area contributed by atoms with E-state index in [0.717, 1.165) is 36.0 Å². The van der Waals surface area contributed by atoms with Crippen LogP contribution in [0.2, 0.25) is 0 Å². The first-order chi connectivity index (χ1) is 17.5. The molecule has 0 spiro atoms. The lowest BCUT2D eigenvalue weighted by molar-refractivity contribution is -0.151. The summed E-state index contributed by atoms with van der Waals surface area (Å²) in [5, 5.41) is 14.0. The normalized spacial score (nSPS) is 17.3. The summed E-state index contributed by atoms with van der Waals surface area (Å²) in [4.78, 5) is 38.4. The summed E-state index contributed by atoms with van der Waals surface area (Å²) in [5.74, 6) is -2.36. The van der Waals surface area contributed by atoms with Gasteiger partial charge in [-0.15, -0.1) is 0 Å². The lowest BCUT2D eigenvalue weighted by Crippen LogP contribution is -2.59. The van der Waals surface area contributed by atoms with Crippen LogP contribution < -0.4 is 10.7 Å². The predicted octanol–water partition coefficient (Wildman–Crippen LogP) is 4.43. The average Bonchev–Trinajstić information content (AvgIpc) is 2.92. The van der Waals surface area contributed by atoms with Crippen molar-refractivity contribution in [3.05, 3.63) is 60.2 Å². The highest BCUT2D eigenvalue weighted by atomic mass is 16.4. The molecule has 0 saturated carbocycles. The van der Waals surface area contributed by atoms with E-state index in [0.29, 0.717) is 32.2 Å². The Balaban J connectivity index is 1.86. The number of nitrogens with one attached hydrogen (secondary N) is 2. The van der Waals surface area contributed by atoms with E-state index < -0.39 is 23.8 Å². The third kappa shape index (κ3) is 7.17. The molecule has 3 rings (SSSR count). The number of likely N-dealkylation sites (N-methyl/N-ethyl adjacent to an activating group) is 1. The summed E-state index contributed by atoms with van der Waals surface area (Å²) >= 11 is 0. The minimum Gasteiger partial charge on any atom is -0.481 e. The van der Waals surface area contributed by atoms with Crippen molar-refractivity contribution >= 4 is 17.8 Å². The van der Waals surface area contributed by atoms with Crippen molar-refractivity contribution < 1.29 is 19.5 Å². The molecule has 3 atom stereocenters. The molecule has 1 aliphatic rings. The van der Waals surface area contributed by atoms with Crippen molar-refractivity contribution in [3.63, 3.8) is 0 Å². The van der Waals surface area contributed by atoms with Gasteiger partial charge in [0.15, 0.2) is 0 Å². The minimum atomic E-state index is -0.861. The van der Waals surface area contributed by atoms with Gasteiger partial charge in [-0.25, -0.2) is 5.43 Å². The van der Waals surface area contributed by atoms with Crippen LogP contribution in [-0.4, -0.2) is 47.5 Å². The van der Waals surface area contributed by atoms with Crippen molar-refractivity contribution in [1.29, 1.82) is 0 Å². The number of carboxylic acid groups (broad SMARTS) is 1. The van der Waals surface area contributed by atoms with Crippen LogP contribution in [0.5, 0.6) is 0 Å². The molecule has 1 fully saturated rings. The van der Waals surface area contributed by atoms with Crippen LogP contribution in [0.25, 0.3) is 11.1 Å². The number of amides is 2. The number of nitrogens with zero attached hydrogens (tertiary/aromatic N) is 1. The van der Waals surface area contributed by atoms with Gasteiger partial charge in [0.05, 0.1) is 5.92 Å². The molecule has 3 N–H and O–H groups in total. The summed E-state index contributed by atoms with van der Waals surface area (Å²) < 4.78 is 0. The third-order valence-electron chi connectivity index (χ3n) is 7.07. The molecule has 2 aromatic rings. The Kier molecular flexibility index (Phi) is 10.5. The van der Waals surface area contributed by atoms with Crippen molar-refractivity contribution in [2.45, 2.75) is 64.3 Å². The van der Waals surface area contributed by atoms with E-state index >= 15 is 0 Å². The van der Waals surface area contributed by atoms with E-state index in [2.05, 4.69) is 35.0 Å². The van der Waals surface area contributed by atoms with Gasteiger partial charge in [-0.3, -0.25) is 19.4 Å². The van der Waals surface area contributed by atoms with Gasteiger partial charge in [0, 0.05) is 19.5 Å². The molecule has 0 aliphatic carbocycles. The number of aliphatic carboxylic acids is 1. The van der Waals surface area contributed by atoms with Crippen LogP contribution in [-0.2, 0) is 20.8 Å². The molecular weight excluding hydrogens is 454 g/mol. The van der Waals surface area contributed by atoms with Gasteiger partial charge in [0.1, 0.15) is 6.04 Å². The second-order valence-corrected chi connectivity index (χ2v) is 9.56. The van der Waals surface area contributed by atoms with E-state index in [1.165, 1.54) is 5.01 Å². The van der Waals surface area contributed by atoms with E-state index in [1.54, 1.807) is 7.05 Å². The molecule has 0 bridgehead atoms. The molecule has 3 unspecified atom stereocenters. The van der Waals surface area contributed by atoms with Crippen LogP contribution in [0.1, 0.15) is 57.4 Å². The number of hydrogen-bond acceptors (Lipinski definition) is 4. The quantitative estimate of drug-likeness (QED) is 0.406. The summed E-state index contributed by atoms with van der Waals surface area (Å²) in [7, 11) is 1.57. The molecule has 1 saturated heterocycles. The third-order valence-corrected chi connectivity index (χ3v) is 7.07. The molecule has 0 aromatic heterocycles. The molecule has 194 valence electrons. The number of carbonyl (C=O) groups is 3. The fourth-order valence-corrected chi connectivity index (χ4v) is 5.02. The Morgan fingerprint density at radius 2 is 1.78 bits per heavy atom. The molecule has 2 aromatic carbocycles. The number of hydrazine groups is 1. The van der Waals surface area contributed by atoms with E-state index in [4.69, 9.17) is 0 Å². The smallest absolute Gasteiger partial charge is 0.306 e. The molecule has 36 heavy (non-hydrogen) atoms. The highest BCUT2D eigenvalue weighted by molar-refractivity contribution is 5.88. The van der Waals surface area contributed by atoms with E-state index in [-0.39, 0.29) is 18.2 Å². The van der Waals surface area contributed by atoms with Crippen molar-refractivity contribution in [2.24, 2.45) is 11.8 Å². The van der Waals surface area contributed by atoms with Crippen LogP contribution in [0.3, 0.4) is 0 Å². The molecule has 7 nitrogen and oxygen atoms in total. The summed E-state index contributed by atoms with van der Waals surface area (Å²) in [5.41, 5.74) is 6.47. The van der Waals surface area contributed by atoms with Gasteiger partial charge in [0.2, 0.25) is 11.8 Å². The molecule has 7 heteroatoms. The molecule has 2 amide bonds. The SMILES string of the molecule is CCCCC(CC(CCc1ccccc1-c1ccccc1)C(=O)N1NCCCC1C(=O)NC)C(=O)O. The maximum atomic E-state index is 13.8. The Morgan fingerprint density at radius 1 is 1.06 bits per heavy atom. The molecule has 1 aliphatic heterocycles. The Bertz CT molecular complexity index is 1010. The number of carbonyl (C=O) groups excluding carboxylic acids is 2. The minimum absolute atomic E-state index is 0.191. The highest BCUT2D eigenvalue weighted by Crippen LogP contribution is 2.29. The first kappa shape index (κ1) is 27.4. The van der Waals surface area contributed by atoms with Crippen LogP contribution in [0, 0.1) is 11.8 Å². The van der Waals surface area contributed by atoms with Crippen molar-refractivity contribution in [2.75, 3.05) is 13.6 Å². The Hall–Kier alpha value is -3.19. The average molecular weight is 494 g/mol. The monoisotopic (exact) mass is 493 g/mol. The van der Waals surface area contributed by atoms with Gasteiger partial charge in [-0.2, -0.15) is 0 Å². The number of benzene rings is 2. The van der Waals surface area contributed by atoms with Crippen LogP contribution in [0.4, 0.5) is 0 Å². The Morgan fingerprint density at radius 3 is 2.47 bits per heavy atom. The maximum absolute atomic E-state index is 13.8. The first-order valence-electron chi connectivity index (χ1n) is 13.1. The van der Waals surface area contributed by atoms with Crippen molar-refractivity contribution in [3.8, 4) is 11.1 Å². The van der Waals surface area contributed by atoms with E-state index in [1.807, 2.05) is 37.3 Å². The lowest BCUT2D eigenvalue weighted by atomic mass is 9.85. The zero-order valence-corrected chi connectivity index (χ0v) is 21.4. The molecular formula is C29H39N3O4. The second-order valence-electron chi connectivity index (χ2n) is 9.56. The highest BCUT2D eigenvalue weighted by Gasteiger charge is 2.37. The zero-order chi connectivity index (χ0) is 25.9. The fraction of sp³-hybridized carbons (Fsp3) is 0.483. The Labute approximate surface area is 214 Å². The van der Waals surface area contributed by atoms with Gasteiger partial charge >= 0.3 is 5.97 Å². The standard InChI is InChI=1S/C29H39N3O4/c1-3-4-11-24(29(35)36)20-23(28(34)32-26(27(33)30-2)16-10-19-31-32)18-17-22-14-8-9-15-25(22)21-12-6-5-7-13-21/h5-9,12-15,23-24,26,31H,3-4,10-11,16-20H2,1-2H3,(H,30,33)(H,35,36). The zero-order valence-electron chi connectivity index (χ0n) is 21.4. The largest absolute Gasteiger partial charge is 0.481 e. The van der Waals surface area contributed by atoms with Crippen LogP contribution in [0.15, 0.2) is 54.6 Å². The van der Waals surface area contributed by atoms with Crippen LogP contribution >= 0.6 is 0 Å². The number of rotatable bonds is 12. The van der Waals surface area contributed by atoms with E-state index in [9.17, 15) is 19.5 Å². The number of hydrogen-bond donors (Lipinski definition) is 3. The van der Waals surface area contributed by atoms with Gasteiger partial charge in [-0.1, -0.05) is 74.4 Å². The fourth-order valence-electron chi connectivity index (χ4n) is 5.02.